The lowest BCUT2D eigenvalue weighted by atomic mass is 10.1. The largest absolute Gasteiger partial charge is 0.387 e. The highest BCUT2D eigenvalue weighted by Gasteiger charge is 2.18. The molecule has 2 nitrogen and oxygen atoms in total. The van der Waals surface area contributed by atoms with Crippen LogP contribution in [0.2, 0.25) is 0 Å². The molecule has 1 heterocycles. The summed E-state index contributed by atoms with van der Waals surface area (Å²) >= 11 is 5.01. The van der Waals surface area contributed by atoms with Crippen LogP contribution in [0, 0.1) is 0 Å². The van der Waals surface area contributed by atoms with Crippen molar-refractivity contribution in [1.29, 1.82) is 0 Å². The monoisotopic (exact) mass is 298 g/mol. The summed E-state index contributed by atoms with van der Waals surface area (Å²) in [7, 11) is 0. The van der Waals surface area contributed by atoms with Gasteiger partial charge in [0.15, 0.2) is 0 Å². The lowest BCUT2D eigenvalue weighted by Gasteiger charge is -2.06. The number of carbonyl (C=O) groups excluding carboxylic acids is 1. The predicted molar refractivity (Wildman–Crippen MR) is 69.8 cm³/mol. The molecular weight excluding hydrogens is 288 g/mol. The molecule has 0 fully saturated rings. The molecule has 1 atom stereocenters. The van der Waals surface area contributed by atoms with Gasteiger partial charge in [0.25, 0.3) is 0 Å². The second kappa shape index (κ2) is 4.65. The number of hydrogen-bond donors (Lipinski definition) is 1. The Morgan fingerprint density at radius 2 is 2.19 bits per heavy atom. The highest BCUT2D eigenvalue weighted by molar-refractivity contribution is 9.10. The highest BCUT2D eigenvalue weighted by atomic mass is 79.9. The fourth-order valence-corrected chi connectivity index (χ4v) is 3.68. The molecule has 2 aromatic rings. The average Bonchev–Trinajstić information content (AvgIpc) is 2.56. The molecule has 84 valence electrons. The summed E-state index contributed by atoms with van der Waals surface area (Å²) in [5.41, 5.74) is 0. The van der Waals surface area contributed by atoms with E-state index in [1.807, 2.05) is 24.3 Å². The molecule has 0 amide bonds. The normalized spacial score (nSPS) is 12.9. The number of ketones is 1. The van der Waals surface area contributed by atoms with Gasteiger partial charge in [-0.05, 0) is 28.9 Å². The molecule has 0 aliphatic carbocycles. The van der Waals surface area contributed by atoms with E-state index in [0.29, 0.717) is 0 Å². The number of fused-ring (bicyclic) bond motifs is 1. The molecule has 0 aliphatic rings. The van der Waals surface area contributed by atoms with Crippen molar-refractivity contribution in [2.45, 2.75) is 19.4 Å². The number of benzene rings is 1. The van der Waals surface area contributed by atoms with E-state index in [1.165, 1.54) is 18.3 Å². The van der Waals surface area contributed by atoms with Gasteiger partial charge in [0.2, 0.25) is 0 Å². The third kappa shape index (κ3) is 2.19. The maximum atomic E-state index is 11.0. The zero-order valence-corrected chi connectivity index (χ0v) is 11.1. The Morgan fingerprint density at radius 3 is 2.81 bits per heavy atom. The third-order valence-electron chi connectivity index (χ3n) is 2.34. The maximum Gasteiger partial charge on any atom is 0.132 e. The fourth-order valence-electron chi connectivity index (χ4n) is 1.61. The molecule has 1 aromatic heterocycles. The first-order chi connectivity index (χ1) is 7.59. The van der Waals surface area contributed by atoms with Crippen molar-refractivity contribution in [3.8, 4) is 0 Å². The van der Waals surface area contributed by atoms with Crippen molar-refractivity contribution in [2.24, 2.45) is 0 Å². The Kier molecular flexibility index (Phi) is 3.42. The summed E-state index contributed by atoms with van der Waals surface area (Å²) in [4.78, 5) is 11.8. The topological polar surface area (TPSA) is 37.3 Å². The first kappa shape index (κ1) is 11.8. The van der Waals surface area contributed by atoms with Gasteiger partial charge < -0.3 is 5.11 Å². The smallest absolute Gasteiger partial charge is 0.132 e. The minimum atomic E-state index is -0.704. The van der Waals surface area contributed by atoms with Crippen LogP contribution in [0.1, 0.15) is 24.3 Å². The molecule has 0 saturated heterocycles. The molecule has 4 heteroatoms. The first-order valence-corrected chi connectivity index (χ1v) is 6.55. The maximum absolute atomic E-state index is 11.0. The van der Waals surface area contributed by atoms with Crippen LogP contribution in [0.4, 0.5) is 0 Å². The first-order valence-electron chi connectivity index (χ1n) is 4.94. The molecule has 0 bridgehead atoms. The molecule has 0 saturated carbocycles. The van der Waals surface area contributed by atoms with E-state index >= 15 is 0 Å². The van der Waals surface area contributed by atoms with Gasteiger partial charge in [-0.3, -0.25) is 4.79 Å². The van der Waals surface area contributed by atoms with Gasteiger partial charge in [-0.1, -0.05) is 18.2 Å². The van der Waals surface area contributed by atoms with Crippen molar-refractivity contribution in [2.75, 3.05) is 0 Å². The number of carbonyl (C=O) groups is 1. The third-order valence-corrected chi connectivity index (χ3v) is 4.73. The molecule has 0 spiro atoms. The van der Waals surface area contributed by atoms with Crippen LogP contribution in [-0.4, -0.2) is 10.9 Å². The van der Waals surface area contributed by atoms with E-state index in [1.54, 1.807) is 0 Å². The van der Waals surface area contributed by atoms with Crippen LogP contribution >= 0.6 is 27.3 Å². The molecule has 16 heavy (non-hydrogen) atoms. The molecule has 0 unspecified atom stereocenters. The van der Waals surface area contributed by atoms with E-state index in [0.717, 1.165) is 19.4 Å². The van der Waals surface area contributed by atoms with Gasteiger partial charge in [0.05, 0.1) is 6.10 Å². The van der Waals surface area contributed by atoms with Crippen LogP contribution < -0.4 is 0 Å². The van der Waals surface area contributed by atoms with Crippen molar-refractivity contribution >= 4 is 43.1 Å². The van der Waals surface area contributed by atoms with E-state index < -0.39 is 6.10 Å². The molecule has 0 radical (unpaired) electrons. The van der Waals surface area contributed by atoms with E-state index in [2.05, 4.69) is 15.9 Å². The second-order valence-corrected chi connectivity index (χ2v) is 5.58. The Labute approximate surface area is 106 Å². The number of aliphatic hydroxyl groups is 1. The minimum absolute atomic E-state index is 0.00291. The summed E-state index contributed by atoms with van der Waals surface area (Å²) in [5.74, 6) is -0.00291. The van der Waals surface area contributed by atoms with E-state index in [9.17, 15) is 9.90 Å². The van der Waals surface area contributed by atoms with E-state index in [4.69, 9.17) is 0 Å². The standard InChI is InChI=1S/C12H11BrO2S/c1-7(14)6-9(15)12-11(13)8-4-2-3-5-10(8)16-12/h2-5,9,15H,6H2,1H3/t9-/m1/s1. The zero-order valence-electron chi connectivity index (χ0n) is 8.74. The number of halogens is 1. The van der Waals surface area contributed by atoms with Crippen LogP contribution in [0.3, 0.4) is 0 Å². The van der Waals surface area contributed by atoms with Crippen molar-refractivity contribution in [3.05, 3.63) is 33.6 Å². The van der Waals surface area contributed by atoms with Crippen LogP contribution in [0.5, 0.6) is 0 Å². The molecule has 0 aliphatic heterocycles. The van der Waals surface area contributed by atoms with Crippen molar-refractivity contribution in [1.82, 2.24) is 0 Å². The Balaban J connectivity index is 2.45. The quantitative estimate of drug-likeness (QED) is 0.938. The fraction of sp³-hybridized carbons (Fsp3) is 0.250. The number of hydrogen-bond acceptors (Lipinski definition) is 3. The van der Waals surface area contributed by atoms with E-state index in [-0.39, 0.29) is 12.2 Å². The van der Waals surface area contributed by atoms with Gasteiger partial charge in [0.1, 0.15) is 5.78 Å². The highest BCUT2D eigenvalue weighted by Crippen LogP contribution is 2.39. The molecule has 1 aromatic carbocycles. The molecule has 1 N–H and O–H groups in total. The van der Waals surface area contributed by atoms with Gasteiger partial charge in [-0.2, -0.15) is 0 Å². The Morgan fingerprint density at radius 1 is 1.50 bits per heavy atom. The van der Waals surface area contributed by atoms with Crippen molar-refractivity contribution < 1.29 is 9.90 Å². The van der Waals surface area contributed by atoms with Gasteiger partial charge in [-0.25, -0.2) is 0 Å². The number of rotatable bonds is 3. The number of thiophene rings is 1. The number of Topliss-reactive ketones (excluding diaryl/α,β-unsaturated/α-hetero) is 1. The van der Waals surface area contributed by atoms with Crippen LogP contribution in [-0.2, 0) is 4.79 Å². The Hall–Kier alpha value is -0.710. The SMILES string of the molecule is CC(=O)C[C@@H](O)c1sc2ccccc2c1Br. The lowest BCUT2D eigenvalue weighted by molar-refractivity contribution is -0.118. The Bertz CT molecular complexity index is 533. The van der Waals surface area contributed by atoms with Crippen LogP contribution in [0.15, 0.2) is 28.7 Å². The van der Waals surface area contributed by atoms with Crippen molar-refractivity contribution in [3.63, 3.8) is 0 Å². The lowest BCUT2D eigenvalue weighted by Crippen LogP contribution is -2.01. The average molecular weight is 299 g/mol. The summed E-state index contributed by atoms with van der Waals surface area (Å²) in [6, 6.07) is 7.93. The zero-order chi connectivity index (χ0) is 11.7. The second-order valence-electron chi connectivity index (χ2n) is 3.70. The van der Waals surface area contributed by atoms with Crippen LogP contribution in [0.25, 0.3) is 10.1 Å². The summed E-state index contributed by atoms with van der Waals surface area (Å²) < 4.78 is 2.02. The van der Waals surface area contributed by atoms with Gasteiger partial charge in [-0.15, -0.1) is 11.3 Å². The summed E-state index contributed by atoms with van der Waals surface area (Å²) in [5, 5.41) is 11.0. The summed E-state index contributed by atoms with van der Waals surface area (Å²) in [6.45, 7) is 1.49. The number of aliphatic hydroxyl groups excluding tert-OH is 1. The van der Waals surface area contributed by atoms with Gasteiger partial charge in [0, 0.05) is 25.9 Å². The van der Waals surface area contributed by atoms with Gasteiger partial charge >= 0.3 is 0 Å². The summed E-state index contributed by atoms with van der Waals surface area (Å²) in [6.07, 6.45) is -0.532. The predicted octanol–water partition coefficient (Wildman–Crippen LogP) is 3.68. The molecule has 2 rings (SSSR count). The minimum Gasteiger partial charge on any atom is -0.387 e. The molecular formula is C12H11BrO2S.